The van der Waals surface area contributed by atoms with Gasteiger partial charge in [-0.1, -0.05) is 6.92 Å². The number of ether oxygens (including phenoxy) is 1. The number of hydrogen-bond acceptors (Lipinski definition) is 4. The lowest BCUT2D eigenvalue weighted by atomic mass is 10.1. The second-order valence-electron chi connectivity index (χ2n) is 5.19. The molecule has 1 aliphatic rings. The largest absolute Gasteiger partial charge is 0.495 e. The molecule has 0 saturated carbocycles. The summed E-state index contributed by atoms with van der Waals surface area (Å²) < 4.78 is 5.17. The van der Waals surface area contributed by atoms with Crippen molar-refractivity contribution in [3.8, 4) is 5.75 Å². The summed E-state index contributed by atoms with van der Waals surface area (Å²) in [7, 11) is 1.56. The Balaban J connectivity index is 2.12. The van der Waals surface area contributed by atoms with E-state index in [4.69, 9.17) is 10.5 Å². The maximum atomic E-state index is 12.5. The van der Waals surface area contributed by atoms with Crippen LogP contribution in [0.4, 0.5) is 5.69 Å². The number of nitrogens with zero attached hydrogens (tertiary/aromatic N) is 2. The van der Waals surface area contributed by atoms with Gasteiger partial charge in [0.15, 0.2) is 0 Å². The lowest BCUT2D eigenvalue weighted by Crippen LogP contribution is -2.53. The van der Waals surface area contributed by atoms with Gasteiger partial charge in [-0.15, -0.1) is 0 Å². The van der Waals surface area contributed by atoms with E-state index >= 15 is 0 Å². The molecule has 0 bridgehead atoms. The summed E-state index contributed by atoms with van der Waals surface area (Å²) >= 11 is 0. The first kappa shape index (κ1) is 14.7. The Bertz CT molecular complexity index is 490. The lowest BCUT2D eigenvalue weighted by molar-refractivity contribution is 0.0528. The third-order valence-corrected chi connectivity index (χ3v) is 3.94. The summed E-state index contributed by atoms with van der Waals surface area (Å²) in [6, 6.07) is 5.59. The van der Waals surface area contributed by atoms with Gasteiger partial charge in [0.25, 0.3) is 5.91 Å². The zero-order chi connectivity index (χ0) is 14.7. The number of carbonyl (C=O) groups excluding carboxylic acids is 1. The molecule has 20 heavy (non-hydrogen) atoms. The van der Waals surface area contributed by atoms with Crippen molar-refractivity contribution in [1.29, 1.82) is 0 Å². The molecule has 0 radical (unpaired) electrons. The summed E-state index contributed by atoms with van der Waals surface area (Å²) in [5, 5.41) is 0. The van der Waals surface area contributed by atoms with Crippen LogP contribution in [0.3, 0.4) is 0 Å². The Morgan fingerprint density at radius 1 is 1.45 bits per heavy atom. The quantitative estimate of drug-likeness (QED) is 0.849. The number of amides is 1. The van der Waals surface area contributed by atoms with E-state index in [9.17, 15) is 4.79 Å². The summed E-state index contributed by atoms with van der Waals surface area (Å²) in [4.78, 5) is 16.8. The minimum absolute atomic E-state index is 0.0471. The Labute approximate surface area is 120 Å². The van der Waals surface area contributed by atoms with Crippen LogP contribution in [0, 0.1) is 0 Å². The number of nitrogens with two attached hydrogens (primary N) is 1. The molecule has 5 heteroatoms. The summed E-state index contributed by atoms with van der Waals surface area (Å²) in [5.41, 5.74) is 6.96. The molecule has 0 aromatic heterocycles. The highest BCUT2D eigenvalue weighted by Gasteiger charge is 2.26. The van der Waals surface area contributed by atoms with E-state index in [0.29, 0.717) is 23.0 Å². The van der Waals surface area contributed by atoms with Crippen molar-refractivity contribution in [2.45, 2.75) is 19.9 Å². The maximum absolute atomic E-state index is 12.5. The Hall–Kier alpha value is -1.75. The van der Waals surface area contributed by atoms with Crippen molar-refractivity contribution in [2.24, 2.45) is 0 Å². The van der Waals surface area contributed by atoms with Gasteiger partial charge in [-0.3, -0.25) is 9.69 Å². The third-order valence-electron chi connectivity index (χ3n) is 3.94. The van der Waals surface area contributed by atoms with Gasteiger partial charge in [0.05, 0.1) is 12.8 Å². The van der Waals surface area contributed by atoms with Crippen LogP contribution < -0.4 is 10.5 Å². The van der Waals surface area contributed by atoms with E-state index < -0.39 is 0 Å². The number of nitrogen functional groups attached to an aromatic ring is 1. The second kappa shape index (κ2) is 6.13. The van der Waals surface area contributed by atoms with Gasteiger partial charge in [-0.05, 0) is 31.7 Å². The van der Waals surface area contributed by atoms with Gasteiger partial charge in [-0.2, -0.15) is 0 Å². The third kappa shape index (κ3) is 2.88. The number of hydrogen-bond donors (Lipinski definition) is 1. The summed E-state index contributed by atoms with van der Waals surface area (Å²) in [6.45, 7) is 7.79. The molecule has 1 aromatic rings. The molecule has 110 valence electrons. The van der Waals surface area contributed by atoms with Crippen LogP contribution in [0.5, 0.6) is 5.75 Å². The molecule has 1 heterocycles. The molecule has 1 aromatic carbocycles. The number of anilines is 1. The fraction of sp³-hybridized carbons (Fsp3) is 0.533. The van der Waals surface area contributed by atoms with Crippen molar-refractivity contribution in [3.63, 3.8) is 0 Å². The molecular formula is C15H23N3O2. The normalized spacial score (nSPS) is 19.9. The van der Waals surface area contributed by atoms with Crippen LogP contribution >= 0.6 is 0 Å². The van der Waals surface area contributed by atoms with Gasteiger partial charge >= 0.3 is 0 Å². The smallest absolute Gasteiger partial charge is 0.254 e. The van der Waals surface area contributed by atoms with Crippen LogP contribution in [0.1, 0.15) is 24.2 Å². The summed E-state index contributed by atoms with van der Waals surface area (Å²) in [5.74, 6) is 0.599. The monoisotopic (exact) mass is 277 g/mol. The Morgan fingerprint density at radius 3 is 2.80 bits per heavy atom. The molecule has 1 unspecified atom stereocenters. The minimum Gasteiger partial charge on any atom is -0.495 e. The first-order valence-electron chi connectivity index (χ1n) is 7.03. The molecule has 1 atom stereocenters. The molecule has 1 amide bonds. The van der Waals surface area contributed by atoms with Gasteiger partial charge < -0.3 is 15.4 Å². The first-order chi connectivity index (χ1) is 9.56. The lowest BCUT2D eigenvalue weighted by Gasteiger charge is -2.39. The van der Waals surface area contributed by atoms with Crippen LogP contribution in [-0.2, 0) is 0 Å². The van der Waals surface area contributed by atoms with E-state index in [0.717, 1.165) is 26.2 Å². The molecule has 1 saturated heterocycles. The number of methoxy groups -OCH3 is 1. The minimum atomic E-state index is 0.0471. The van der Waals surface area contributed by atoms with E-state index in [1.807, 2.05) is 4.90 Å². The summed E-state index contributed by atoms with van der Waals surface area (Å²) in [6.07, 6.45) is 0. The number of benzene rings is 1. The van der Waals surface area contributed by atoms with Crippen molar-refractivity contribution in [2.75, 3.05) is 39.0 Å². The zero-order valence-corrected chi connectivity index (χ0v) is 12.4. The maximum Gasteiger partial charge on any atom is 0.254 e. The average Bonchev–Trinajstić information content (AvgIpc) is 2.47. The van der Waals surface area contributed by atoms with Crippen LogP contribution in [-0.4, -0.2) is 55.0 Å². The van der Waals surface area contributed by atoms with Crippen molar-refractivity contribution in [3.05, 3.63) is 23.8 Å². The molecule has 2 rings (SSSR count). The molecule has 0 spiro atoms. The Kier molecular flexibility index (Phi) is 4.49. The SMILES string of the molecule is CCN1CCN(C(=O)c2ccc(N)c(OC)c2)CC1C. The van der Waals surface area contributed by atoms with Gasteiger partial charge in [0, 0.05) is 31.2 Å². The molecule has 5 nitrogen and oxygen atoms in total. The zero-order valence-electron chi connectivity index (χ0n) is 12.4. The fourth-order valence-corrected chi connectivity index (χ4v) is 2.68. The molecular weight excluding hydrogens is 254 g/mol. The van der Waals surface area contributed by atoms with E-state index in [-0.39, 0.29) is 5.91 Å². The molecule has 1 fully saturated rings. The van der Waals surface area contributed by atoms with Crippen molar-refractivity contribution in [1.82, 2.24) is 9.80 Å². The predicted octanol–water partition coefficient (Wildman–Crippen LogP) is 1.44. The van der Waals surface area contributed by atoms with E-state index in [1.165, 1.54) is 0 Å². The average molecular weight is 277 g/mol. The number of likely N-dealkylation sites (N-methyl/N-ethyl adjacent to an activating group) is 1. The highest BCUT2D eigenvalue weighted by molar-refractivity contribution is 5.95. The number of carbonyl (C=O) groups is 1. The fourth-order valence-electron chi connectivity index (χ4n) is 2.68. The first-order valence-corrected chi connectivity index (χ1v) is 7.03. The van der Waals surface area contributed by atoms with Crippen molar-refractivity contribution >= 4 is 11.6 Å². The number of rotatable bonds is 3. The Morgan fingerprint density at radius 2 is 2.20 bits per heavy atom. The van der Waals surface area contributed by atoms with Crippen molar-refractivity contribution < 1.29 is 9.53 Å². The van der Waals surface area contributed by atoms with Gasteiger partial charge in [0.1, 0.15) is 5.75 Å². The van der Waals surface area contributed by atoms with E-state index in [2.05, 4.69) is 18.7 Å². The van der Waals surface area contributed by atoms with Gasteiger partial charge in [0.2, 0.25) is 0 Å². The topological polar surface area (TPSA) is 58.8 Å². The number of piperazine rings is 1. The van der Waals surface area contributed by atoms with Crippen LogP contribution in [0.15, 0.2) is 18.2 Å². The standard InChI is InChI=1S/C15H23N3O2/c1-4-17-7-8-18(10-11(17)2)15(19)12-5-6-13(16)14(9-12)20-3/h5-6,9,11H,4,7-8,10,16H2,1-3H3. The highest BCUT2D eigenvalue weighted by Crippen LogP contribution is 2.23. The molecule has 2 N–H and O–H groups in total. The van der Waals surface area contributed by atoms with E-state index in [1.54, 1.807) is 25.3 Å². The molecule has 0 aliphatic carbocycles. The van der Waals surface area contributed by atoms with Crippen LogP contribution in [0.2, 0.25) is 0 Å². The predicted molar refractivity (Wildman–Crippen MR) is 80.0 cm³/mol. The van der Waals surface area contributed by atoms with Crippen LogP contribution in [0.25, 0.3) is 0 Å². The second-order valence-corrected chi connectivity index (χ2v) is 5.19. The van der Waals surface area contributed by atoms with Gasteiger partial charge in [-0.25, -0.2) is 0 Å². The highest BCUT2D eigenvalue weighted by atomic mass is 16.5. The molecule has 1 aliphatic heterocycles.